The maximum atomic E-state index is 4.09. The van der Waals surface area contributed by atoms with Gasteiger partial charge in [0.15, 0.2) is 0 Å². The lowest BCUT2D eigenvalue weighted by Gasteiger charge is -1.98. The summed E-state index contributed by atoms with van der Waals surface area (Å²) in [5.41, 5.74) is 1.18. The zero-order chi connectivity index (χ0) is 7.40. The van der Waals surface area contributed by atoms with Crippen LogP contribution in [0.3, 0.4) is 0 Å². The molecule has 2 nitrogen and oxygen atoms in total. The van der Waals surface area contributed by atoms with Crippen LogP contribution in [-0.2, 0) is 11.9 Å². The molecule has 54 valence electrons. The third-order valence-corrected chi connectivity index (χ3v) is 1.82. The molecule has 0 bridgehead atoms. The molecule has 0 aliphatic carbocycles. The Morgan fingerprint density at radius 2 is 2.60 bits per heavy atom. The van der Waals surface area contributed by atoms with Crippen LogP contribution in [0.4, 0.5) is 0 Å². The van der Waals surface area contributed by atoms with Gasteiger partial charge < -0.3 is 0 Å². The molecule has 1 aromatic heterocycles. The minimum absolute atomic E-state index is 0.786. The molecular formula is C7H9BrN2. The third-order valence-electron chi connectivity index (χ3n) is 1.24. The Labute approximate surface area is 68.7 Å². The number of allylic oxidation sites excluding steroid dienone is 1. The second-order valence-corrected chi connectivity index (χ2v) is 2.49. The van der Waals surface area contributed by atoms with Crippen LogP contribution in [-0.4, -0.2) is 9.78 Å². The van der Waals surface area contributed by atoms with Crippen molar-refractivity contribution in [2.45, 2.75) is 11.9 Å². The molecular weight excluding hydrogens is 192 g/mol. The average molecular weight is 201 g/mol. The highest BCUT2D eigenvalue weighted by Gasteiger charge is 1.95. The standard InChI is InChI=1S/C7H9BrN2/c1-2-5-10-7(6-8)3-4-9-10/h2-4H,1,5-6H2. The van der Waals surface area contributed by atoms with Crippen molar-refractivity contribution in [1.82, 2.24) is 9.78 Å². The summed E-state index contributed by atoms with van der Waals surface area (Å²) < 4.78 is 1.90. The van der Waals surface area contributed by atoms with Gasteiger partial charge in [-0.25, -0.2) is 0 Å². The Kier molecular flexibility index (Phi) is 2.68. The predicted molar refractivity (Wildman–Crippen MR) is 45.1 cm³/mol. The molecule has 0 N–H and O–H groups in total. The summed E-state index contributed by atoms with van der Waals surface area (Å²) in [5.74, 6) is 0. The van der Waals surface area contributed by atoms with Crippen LogP contribution in [0.1, 0.15) is 5.69 Å². The van der Waals surface area contributed by atoms with E-state index >= 15 is 0 Å². The van der Waals surface area contributed by atoms with Gasteiger partial charge in [0.05, 0.1) is 6.54 Å². The summed E-state index contributed by atoms with van der Waals surface area (Å²) in [6, 6.07) is 1.98. The van der Waals surface area contributed by atoms with Crippen molar-refractivity contribution >= 4 is 15.9 Å². The quantitative estimate of drug-likeness (QED) is 0.539. The molecule has 10 heavy (non-hydrogen) atoms. The molecule has 1 aromatic rings. The minimum atomic E-state index is 0.786. The number of alkyl halides is 1. The number of halogens is 1. The Hall–Kier alpha value is -0.570. The lowest BCUT2D eigenvalue weighted by atomic mass is 10.5. The van der Waals surface area contributed by atoms with Crippen molar-refractivity contribution in [3.63, 3.8) is 0 Å². The van der Waals surface area contributed by atoms with E-state index in [0.29, 0.717) is 0 Å². The van der Waals surface area contributed by atoms with Crippen LogP contribution < -0.4 is 0 Å². The topological polar surface area (TPSA) is 17.8 Å². The molecule has 0 fully saturated rings. The highest BCUT2D eigenvalue weighted by molar-refractivity contribution is 9.08. The fourth-order valence-corrected chi connectivity index (χ4v) is 1.24. The van der Waals surface area contributed by atoms with Crippen LogP contribution in [0.15, 0.2) is 24.9 Å². The monoisotopic (exact) mass is 200 g/mol. The normalized spacial score (nSPS) is 9.70. The fraction of sp³-hybridized carbons (Fsp3) is 0.286. The van der Waals surface area contributed by atoms with Crippen molar-refractivity contribution in [2.24, 2.45) is 0 Å². The molecule has 0 amide bonds. The summed E-state index contributed by atoms with van der Waals surface area (Å²) in [4.78, 5) is 0. The number of nitrogens with zero attached hydrogens (tertiary/aromatic N) is 2. The van der Waals surface area contributed by atoms with E-state index < -0.39 is 0 Å². The van der Waals surface area contributed by atoms with E-state index in [9.17, 15) is 0 Å². The third kappa shape index (κ3) is 1.48. The van der Waals surface area contributed by atoms with E-state index in [0.717, 1.165) is 11.9 Å². The summed E-state index contributed by atoms with van der Waals surface area (Å²) in [5, 5.41) is 4.94. The first-order valence-corrected chi connectivity index (χ1v) is 4.18. The number of hydrogen-bond acceptors (Lipinski definition) is 1. The Morgan fingerprint density at radius 3 is 3.20 bits per heavy atom. The first-order valence-electron chi connectivity index (χ1n) is 3.06. The van der Waals surface area contributed by atoms with E-state index in [1.54, 1.807) is 6.20 Å². The van der Waals surface area contributed by atoms with Crippen molar-refractivity contribution in [2.75, 3.05) is 0 Å². The molecule has 1 rings (SSSR count). The minimum Gasteiger partial charge on any atom is -0.265 e. The maximum Gasteiger partial charge on any atom is 0.0590 e. The molecule has 0 radical (unpaired) electrons. The predicted octanol–water partition coefficient (Wildman–Crippen LogP) is 1.96. The van der Waals surface area contributed by atoms with Crippen LogP contribution in [0.5, 0.6) is 0 Å². The Bertz CT molecular complexity index is 217. The number of aromatic nitrogens is 2. The summed E-state index contributed by atoms with van der Waals surface area (Å²) in [6.45, 7) is 4.42. The van der Waals surface area contributed by atoms with Gasteiger partial charge in [0.2, 0.25) is 0 Å². The van der Waals surface area contributed by atoms with Gasteiger partial charge in [-0.05, 0) is 6.07 Å². The van der Waals surface area contributed by atoms with Gasteiger partial charge in [0, 0.05) is 17.2 Å². The molecule has 3 heteroatoms. The van der Waals surface area contributed by atoms with E-state index in [4.69, 9.17) is 0 Å². The molecule has 1 heterocycles. The zero-order valence-electron chi connectivity index (χ0n) is 5.63. The fourth-order valence-electron chi connectivity index (χ4n) is 0.760. The van der Waals surface area contributed by atoms with Gasteiger partial charge in [0.1, 0.15) is 0 Å². The number of rotatable bonds is 3. The molecule has 0 unspecified atom stereocenters. The second kappa shape index (κ2) is 3.56. The average Bonchev–Trinajstić information content (AvgIpc) is 2.36. The van der Waals surface area contributed by atoms with E-state index in [1.807, 2.05) is 16.8 Å². The van der Waals surface area contributed by atoms with Crippen molar-refractivity contribution in [3.8, 4) is 0 Å². The van der Waals surface area contributed by atoms with Crippen LogP contribution in [0, 0.1) is 0 Å². The highest BCUT2D eigenvalue weighted by Crippen LogP contribution is 2.03. The van der Waals surface area contributed by atoms with Gasteiger partial charge in [-0.1, -0.05) is 22.0 Å². The Balaban J connectivity index is 2.79. The Morgan fingerprint density at radius 1 is 1.80 bits per heavy atom. The molecule has 0 atom stereocenters. The molecule has 0 aliphatic rings. The zero-order valence-corrected chi connectivity index (χ0v) is 7.21. The maximum absolute atomic E-state index is 4.09. The van der Waals surface area contributed by atoms with E-state index in [-0.39, 0.29) is 0 Å². The largest absolute Gasteiger partial charge is 0.265 e. The van der Waals surface area contributed by atoms with Crippen molar-refractivity contribution < 1.29 is 0 Å². The summed E-state index contributed by atoms with van der Waals surface area (Å²) in [7, 11) is 0. The molecule has 0 saturated heterocycles. The molecule has 0 aromatic carbocycles. The first kappa shape index (κ1) is 7.54. The SMILES string of the molecule is C=CCn1nccc1CBr. The highest BCUT2D eigenvalue weighted by atomic mass is 79.9. The molecule has 0 aliphatic heterocycles. The van der Waals surface area contributed by atoms with Gasteiger partial charge in [-0.3, -0.25) is 4.68 Å². The molecule has 0 saturated carbocycles. The van der Waals surface area contributed by atoms with Gasteiger partial charge >= 0.3 is 0 Å². The van der Waals surface area contributed by atoms with Gasteiger partial charge in [-0.15, -0.1) is 6.58 Å². The van der Waals surface area contributed by atoms with Crippen molar-refractivity contribution in [3.05, 3.63) is 30.6 Å². The summed E-state index contributed by atoms with van der Waals surface area (Å²) >= 11 is 3.36. The van der Waals surface area contributed by atoms with E-state index in [1.165, 1.54) is 5.69 Å². The molecule has 0 spiro atoms. The van der Waals surface area contributed by atoms with Crippen molar-refractivity contribution in [1.29, 1.82) is 0 Å². The number of hydrogen-bond donors (Lipinski definition) is 0. The lowest BCUT2D eigenvalue weighted by molar-refractivity contribution is 0.677. The van der Waals surface area contributed by atoms with Crippen LogP contribution in [0.25, 0.3) is 0 Å². The van der Waals surface area contributed by atoms with Crippen LogP contribution in [0.2, 0.25) is 0 Å². The second-order valence-electron chi connectivity index (χ2n) is 1.93. The summed E-state index contributed by atoms with van der Waals surface area (Å²) in [6.07, 6.45) is 3.62. The first-order chi connectivity index (χ1) is 4.88. The van der Waals surface area contributed by atoms with Crippen LogP contribution >= 0.6 is 15.9 Å². The van der Waals surface area contributed by atoms with E-state index in [2.05, 4.69) is 27.6 Å². The van der Waals surface area contributed by atoms with Gasteiger partial charge in [0.25, 0.3) is 0 Å². The smallest absolute Gasteiger partial charge is 0.0590 e. The lowest BCUT2D eigenvalue weighted by Crippen LogP contribution is -2.00. The van der Waals surface area contributed by atoms with Gasteiger partial charge in [-0.2, -0.15) is 5.10 Å².